The van der Waals surface area contributed by atoms with Gasteiger partial charge < -0.3 is 10.2 Å². The van der Waals surface area contributed by atoms with Crippen LogP contribution in [0.4, 0.5) is 5.82 Å². The van der Waals surface area contributed by atoms with Crippen LogP contribution in [0.15, 0.2) is 42.7 Å². The van der Waals surface area contributed by atoms with E-state index >= 15 is 0 Å². The number of nitrogens with zero attached hydrogens (tertiary/aromatic N) is 4. The van der Waals surface area contributed by atoms with Gasteiger partial charge in [0.15, 0.2) is 0 Å². The lowest BCUT2D eigenvalue weighted by Gasteiger charge is -2.35. The highest BCUT2D eigenvalue weighted by Crippen LogP contribution is 2.16. The van der Waals surface area contributed by atoms with Crippen molar-refractivity contribution in [2.75, 3.05) is 31.1 Å². The van der Waals surface area contributed by atoms with Crippen molar-refractivity contribution in [3.05, 3.63) is 54.0 Å². The number of carbonyl (C=O) groups is 1. The highest BCUT2D eigenvalue weighted by molar-refractivity contribution is 5.93. The molecular formula is C20H27N5O. The fourth-order valence-corrected chi connectivity index (χ4v) is 3.03. The predicted molar refractivity (Wildman–Crippen MR) is 103 cm³/mol. The van der Waals surface area contributed by atoms with E-state index in [-0.39, 0.29) is 11.4 Å². The van der Waals surface area contributed by atoms with Crippen LogP contribution in [-0.2, 0) is 6.54 Å². The van der Waals surface area contributed by atoms with E-state index in [9.17, 15) is 4.79 Å². The number of carbonyl (C=O) groups excluding carboxylic acids is 1. The van der Waals surface area contributed by atoms with Crippen molar-refractivity contribution >= 4 is 11.7 Å². The first kappa shape index (κ1) is 18.3. The van der Waals surface area contributed by atoms with E-state index in [4.69, 9.17) is 0 Å². The Balaban J connectivity index is 1.59. The minimum Gasteiger partial charge on any atom is -0.354 e. The fraction of sp³-hybridized carbons (Fsp3) is 0.450. The monoisotopic (exact) mass is 353 g/mol. The van der Waals surface area contributed by atoms with Crippen molar-refractivity contribution in [3.8, 4) is 0 Å². The zero-order valence-corrected chi connectivity index (χ0v) is 15.8. The maximum absolute atomic E-state index is 12.3. The molecule has 0 unspecified atom stereocenters. The Morgan fingerprint density at radius 2 is 1.77 bits per heavy atom. The van der Waals surface area contributed by atoms with E-state index in [1.54, 1.807) is 6.07 Å². The van der Waals surface area contributed by atoms with Crippen LogP contribution >= 0.6 is 0 Å². The van der Waals surface area contributed by atoms with Crippen LogP contribution in [0.1, 0.15) is 36.8 Å². The quantitative estimate of drug-likeness (QED) is 0.914. The van der Waals surface area contributed by atoms with E-state index in [1.807, 2.05) is 26.8 Å². The molecule has 26 heavy (non-hydrogen) atoms. The molecule has 1 aliphatic heterocycles. The number of rotatable bonds is 4. The summed E-state index contributed by atoms with van der Waals surface area (Å²) in [5, 5.41) is 2.94. The highest BCUT2D eigenvalue weighted by atomic mass is 16.2. The predicted octanol–water partition coefficient (Wildman–Crippen LogP) is 2.33. The molecule has 0 radical (unpaired) electrons. The number of piperazine rings is 1. The van der Waals surface area contributed by atoms with Crippen LogP contribution in [0, 0.1) is 0 Å². The summed E-state index contributed by atoms with van der Waals surface area (Å²) in [5.41, 5.74) is 1.46. The van der Waals surface area contributed by atoms with Gasteiger partial charge in [-0.2, -0.15) is 0 Å². The Labute approximate surface area is 155 Å². The number of benzene rings is 1. The van der Waals surface area contributed by atoms with Crippen molar-refractivity contribution in [2.24, 2.45) is 0 Å². The molecule has 6 heteroatoms. The number of anilines is 1. The van der Waals surface area contributed by atoms with E-state index in [0.717, 1.165) is 38.5 Å². The number of nitrogens with one attached hydrogen (secondary N) is 1. The molecule has 1 fully saturated rings. The molecule has 0 spiro atoms. The number of hydrogen-bond donors (Lipinski definition) is 1. The number of aromatic nitrogens is 2. The van der Waals surface area contributed by atoms with E-state index in [0.29, 0.717) is 5.69 Å². The van der Waals surface area contributed by atoms with Crippen molar-refractivity contribution in [1.82, 2.24) is 20.2 Å². The summed E-state index contributed by atoms with van der Waals surface area (Å²) < 4.78 is 0. The van der Waals surface area contributed by atoms with E-state index in [1.165, 1.54) is 11.9 Å². The Hall–Kier alpha value is -2.47. The smallest absolute Gasteiger partial charge is 0.270 e. The fourth-order valence-electron chi connectivity index (χ4n) is 3.03. The van der Waals surface area contributed by atoms with Crippen molar-refractivity contribution in [1.29, 1.82) is 0 Å². The van der Waals surface area contributed by atoms with Gasteiger partial charge in [-0.1, -0.05) is 30.3 Å². The van der Waals surface area contributed by atoms with Crippen molar-refractivity contribution < 1.29 is 4.79 Å². The summed E-state index contributed by atoms with van der Waals surface area (Å²) in [6.07, 6.45) is 1.48. The summed E-state index contributed by atoms with van der Waals surface area (Å²) in [7, 11) is 0. The average molecular weight is 353 g/mol. The third-order valence-electron chi connectivity index (χ3n) is 4.32. The van der Waals surface area contributed by atoms with Crippen LogP contribution in [0.2, 0.25) is 0 Å². The van der Waals surface area contributed by atoms with Gasteiger partial charge in [0.2, 0.25) is 0 Å². The van der Waals surface area contributed by atoms with Gasteiger partial charge in [-0.05, 0) is 26.3 Å². The minimum absolute atomic E-state index is 0.163. The van der Waals surface area contributed by atoms with Crippen LogP contribution in [0.3, 0.4) is 0 Å². The molecule has 0 atom stereocenters. The Morgan fingerprint density at radius 1 is 1.08 bits per heavy atom. The lowest BCUT2D eigenvalue weighted by molar-refractivity contribution is 0.0914. The number of hydrogen-bond acceptors (Lipinski definition) is 5. The second-order valence-corrected chi connectivity index (χ2v) is 7.71. The Morgan fingerprint density at radius 3 is 2.42 bits per heavy atom. The molecule has 138 valence electrons. The largest absolute Gasteiger partial charge is 0.354 e. The van der Waals surface area contributed by atoms with Crippen LogP contribution in [-0.4, -0.2) is 52.5 Å². The zero-order chi connectivity index (χ0) is 18.6. The van der Waals surface area contributed by atoms with Crippen molar-refractivity contribution in [3.63, 3.8) is 0 Å². The first-order valence-corrected chi connectivity index (χ1v) is 9.06. The summed E-state index contributed by atoms with van der Waals surface area (Å²) in [6.45, 7) is 10.6. The normalized spacial score (nSPS) is 15.7. The molecule has 1 amide bonds. The van der Waals surface area contributed by atoms with Crippen LogP contribution < -0.4 is 10.2 Å². The van der Waals surface area contributed by atoms with Crippen LogP contribution in [0.5, 0.6) is 0 Å². The van der Waals surface area contributed by atoms with Gasteiger partial charge in [-0.3, -0.25) is 9.69 Å². The molecule has 0 bridgehead atoms. The summed E-state index contributed by atoms with van der Waals surface area (Å²) in [5.74, 6) is 0.655. The van der Waals surface area contributed by atoms with Crippen LogP contribution in [0.25, 0.3) is 0 Å². The van der Waals surface area contributed by atoms with E-state index in [2.05, 4.69) is 49.4 Å². The Bertz CT molecular complexity index is 733. The average Bonchev–Trinajstić information content (AvgIpc) is 2.62. The molecule has 1 aliphatic rings. The molecule has 2 aromatic rings. The third-order valence-corrected chi connectivity index (χ3v) is 4.32. The molecule has 3 rings (SSSR count). The Kier molecular flexibility index (Phi) is 5.52. The molecule has 1 N–H and O–H groups in total. The molecule has 0 aliphatic carbocycles. The maximum Gasteiger partial charge on any atom is 0.270 e. The van der Waals surface area contributed by atoms with Gasteiger partial charge in [-0.25, -0.2) is 9.97 Å². The summed E-state index contributed by atoms with van der Waals surface area (Å²) >= 11 is 0. The molecule has 1 saturated heterocycles. The van der Waals surface area contributed by atoms with Gasteiger partial charge >= 0.3 is 0 Å². The van der Waals surface area contributed by atoms with Gasteiger partial charge in [0.1, 0.15) is 17.8 Å². The molecule has 2 heterocycles. The van der Waals surface area contributed by atoms with E-state index < -0.39 is 0 Å². The molecule has 1 aromatic carbocycles. The zero-order valence-electron chi connectivity index (χ0n) is 15.8. The van der Waals surface area contributed by atoms with Gasteiger partial charge in [0, 0.05) is 44.3 Å². The van der Waals surface area contributed by atoms with Gasteiger partial charge in [0.25, 0.3) is 5.91 Å². The second-order valence-electron chi connectivity index (χ2n) is 7.71. The lowest BCUT2D eigenvalue weighted by Crippen LogP contribution is -2.46. The van der Waals surface area contributed by atoms with Gasteiger partial charge in [0.05, 0.1) is 0 Å². The lowest BCUT2D eigenvalue weighted by atomic mass is 10.1. The third kappa shape index (κ3) is 5.02. The molecule has 6 nitrogen and oxygen atoms in total. The second kappa shape index (κ2) is 7.83. The first-order chi connectivity index (χ1) is 12.4. The minimum atomic E-state index is -0.286. The molecule has 1 aromatic heterocycles. The van der Waals surface area contributed by atoms with Gasteiger partial charge in [-0.15, -0.1) is 0 Å². The summed E-state index contributed by atoms with van der Waals surface area (Å²) in [6, 6.07) is 12.3. The molecule has 0 saturated carbocycles. The first-order valence-electron chi connectivity index (χ1n) is 9.06. The number of amides is 1. The topological polar surface area (TPSA) is 61.4 Å². The summed E-state index contributed by atoms with van der Waals surface area (Å²) in [4.78, 5) is 25.5. The standard InChI is InChI=1S/C20H27N5O/c1-20(2,3)23-19(26)17-13-18(22-15-21-17)25-11-9-24(10-12-25)14-16-7-5-4-6-8-16/h4-8,13,15H,9-12,14H2,1-3H3,(H,23,26). The SMILES string of the molecule is CC(C)(C)NC(=O)c1cc(N2CCN(Cc3ccccc3)CC2)ncn1. The molecular weight excluding hydrogens is 326 g/mol. The maximum atomic E-state index is 12.3. The highest BCUT2D eigenvalue weighted by Gasteiger charge is 2.21. The van der Waals surface area contributed by atoms with Crippen molar-refractivity contribution in [2.45, 2.75) is 32.9 Å².